The van der Waals surface area contributed by atoms with Crippen molar-refractivity contribution >= 4 is 5.91 Å². The van der Waals surface area contributed by atoms with Crippen molar-refractivity contribution < 1.29 is 13.7 Å². The molecule has 1 aliphatic heterocycles. The molecule has 1 aromatic heterocycles. The number of piperidine rings is 1. The third kappa shape index (κ3) is 4.22. The van der Waals surface area contributed by atoms with E-state index < -0.39 is 0 Å². The fourth-order valence-corrected chi connectivity index (χ4v) is 3.04. The molecule has 1 fully saturated rings. The number of rotatable bonds is 5. The van der Waals surface area contributed by atoms with Gasteiger partial charge in [-0.05, 0) is 44.0 Å². The number of carbonyl (C=O) groups excluding carboxylic acids is 1. The van der Waals surface area contributed by atoms with Gasteiger partial charge in [-0.3, -0.25) is 9.69 Å². The summed E-state index contributed by atoms with van der Waals surface area (Å²) in [6.45, 7) is 5.75. The third-order valence-corrected chi connectivity index (χ3v) is 4.68. The number of nitrogens with zero attached hydrogens (tertiary/aromatic N) is 3. The summed E-state index contributed by atoms with van der Waals surface area (Å²) in [5.41, 5.74) is 0.482. The monoisotopic (exact) mass is 346 g/mol. The summed E-state index contributed by atoms with van der Waals surface area (Å²) in [7, 11) is 0. The van der Waals surface area contributed by atoms with Gasteiger partial charge in [-0.2, -0.15) is 4.98 Å². The summed E-state index contributed by atoms with van der Waals surface area (Å²) in [4.78, 5) is 18.9. The molecule has 3 rings (SSSR count). The fourth-order valence-electron chi connectivity index (χ4n) is 3.04. The van der Waals surface area contributed by atoms with Crippen molar-refractivity contribution in [1.29, 1.82) is 0 Å². The molecule has 1 aliphatic rings. The van der Waals surface area contributed by atoms with Crippen LogP contribution in [0, 0.1) is 5.82 Å². The van der Waals surface area contributed by atoms with Crippen LogP contribution >= 0.6 is 0 Å². The van der Waals surface area contributed by atoms with E-state index in [9.17, 15) is 9.18 Å². The normalized spacial score (nSPS) is 17.4. The Hall–Kier alpha value is -2.28. The van der Waals surface area contributed by atoms with Gasteiger partial charge in [-0.25, -0.2) is 4.39 Å². The van der Waals surface area contributed by atoms with Crippen LogP contribution in [0.3, 0.4) is 0 Å². The van der Waals surface area contributed by atoms with E-state index in [0.717, 1.165) is 38.2 Å². The van der Waals surface area contributed by atoms with Gasteiger partial charge >= 0.3 is 0 Å². The number of benzene rings is 1. The van der Waals surface area contributed by atoms with Crippen LogP contribution in [0.2, 0.25) is 0 Å². The SMILES string of the molecule is CCc1noc([C@H](C)N2CCC(NC(=O)c3ccc(F)cc3)CC2)n1. The van der Waals surface area contributed by atoms with E-state index in [1.807, 2.05) is 6.92 Å². The molecule has 1 N–H and O–H groups in total. The molecule has 1 saturated heterocycles. The molecule has 0 aliphatic carbocycles. The lowest BCUT2D eigenvalue weighted by Gasteiger charge is -2.34. The zero-order chi connectivity index (χ0) is 17.8. The molecule has 2 heterocycles. The first-order valence-corrected chi connectivity index (χ1v) is 8.69. The van der Waals surface area contributed by atoms with E-state index >= 15 is 0 Å². The molecule has 0 radical (unpaired) electrons. The fraction of sp³-hybridized carbons (Fsp3) is 0.500. The van der Waals surface area contributed by atoms with E-state index in [-0.39, 0.29) is 23.8 Å². The minimum atomic E-state index is -0.342. The van der Waals surface area contributed by atoms with E-state index in [4.69, 9.17) is 4.52 Å². The van der Waals surface area contributed by atoms with Crippen molar-refractivity contribution in [1.82, 2.24) is 20.4 Å². The van der Waals surface area contributed by atoms with Gasteiger partial charge in [0.05, 0.1) is 6.04 Å². The topological polar surface area (TPSA) is 71.3 Å². The van der Waals surface area contributed by atoms with Crippen molar-refractivity contribution in [3.05, 3.63) is 47.4 Å². The molecule has 1 aromatic carbocycles. The van der Waals surface area contributed by atoms with Crippen molar-refractivity contribution in [2.45, 2.75) is 45.2 Å². The lowest BCUT2D eigenvalue weighted by Crippen LogP contribution is -2.45. The van der Waals surface area contributed by atoms with Gasteiger partial charge < -0.3 is 9.84 Å². The number of likely N-dealkylation sites (tertiary alicyclic amines) is 1. The van der Waals surface area contributed by atoms with Crippen molar-refractivity contribution in [3.63, 3.8) is 0 Å². The van der Waals surface area contributed by atoms with Crippen molar-refractivity contribution in [2.75, 3.05) is 13.1 Å². The second-order valence-electron chi connectivity index (χ2n) is 6.37. The Bertz CT molecular complexity index is 708. The van der Waals surface area contributed by atoms with Gasteiger partial charge in [0.25, 0.3) is 5.91 Å². The molecule has 2 aromatic rings. The smallest absolute Gasteiger partial charge is 0.251 e. The molecular formula is C18H23FN4O2. The molecule has 0 saturated carbocycles. The molecule has 0 unspecified atom stereocenters. The summed E-state index contributed by atoms with van der Waals surface area (Å²) in [6, 6.07) is 5.80. The Labute approximate surface area is 146 Å². The summed E-state index contributed by atoms with van der Waals surface area (Å²) >= 11 is 0. The second kappa shape index (κ2) is 7.74. The van der Waals surface area contributed by atoms with Crippen LogP contribution in [0.25, 0.3) is 0 Å². The molecule has 1 atom stereocenters. The van der Waals surface area contributed by atoms with Crippen molar-refractivity contribution in [2.24, 2.45) is 0 Å². The van der Waals surface area contributed by atoms with Crippen LogP contribution in [0.1, 0.15) is 54.8 Å². The number of aryl methyl sites for hydroxylation is 1. The van der Waals surface area contributed by atoms with Crippen LogP contribution in [-0.2, 0) is 6.42 Å². The number of hydrogen-bond acceptors (Lipinski definition) is 5. The highest BCUT2D eigenvalue weighted by Crippen LogP contribution is 2.23. The first-order chi connectivity index (χ1) is 12.1. The van der Waals surface area contributed by atoms with Gasteiger partial charge in [0, 0.05) is 31.1 Å². The highest BCUT2D eigenvalue weighted by Gasteiger charge is 2.27. The summed E-state index contributed by atoms with van der Waals surface area (Å²) in [5, 5.41) is 6.98. The number of halogens is 1. The van der Waals surface area contributed by atoms with Crippen LogP contribution < -0.4 is 5.32 Å². The maximum atomic E-state index is 12.9. The molecule has 6 nitrogen and oxygen atoms in total. The Morgan fingerprint density at radius 1 is 1.36 bits per heavy atom. The molecule has 25 heavy (non-hydrogen) atoms. The van der Waals surface area contributed by atoms with Crippen molar-refractivity contribution in [3.8, 4) is 0 Å². The summed E-state index contributed by atoms with van der Waals surface area (Å²) < 4.78 is 18.3. The Balaban J connectivity index is 1.51. The Kier molecular flexibility index (Phi) is 5.43. The maximum Gasteiger partial charge on any atom is 0.251 e. The van der Waals surface area contributed by atoms with E-state index in [1.165, 1.54) is 24.3 Å². The molecule has 7 heteroatoms. The largest absolute Gasteiger partial charge is 0.349 e. The Morgan fingerprint density at radius 2 is 2.04 bits per heavy atom. The summed E-state index contributed by atoms with van der Waals surface area (Å²) in [5.74, 6) is 0.871. The summed E-state index contributed by atoms with van der Waals surface area (Å²) in [6.07, 6.45) is 2.46. The third-order valence-electron chi connectivity index (χ3n) is 4.68. The number of aromatic nitrogens is 2. The molecule has 0 spiro atoms. The lowest BCUT2D eigenvalue weighted by atomic mass is 10.0. The number of hydrogen-bond donors (Lipinski definition) is 1. The van der Waals surface area contributed by atoms with Gasteiger partial charge in [-0.1, -0.05) is 12.1 Å². The van der Waals surface area contributed by atoms with Crippen LogP contribution in [0.15, 0.2) is 28.8 Å². The minimum Gasteiger partial charge on any atom is -0.349 e. The zero-order valence-corrected chi connectivity index (χ0v) is 14.5. The van der Waals surface area contributed by atoms with E-state index in [1.54, 1.807) is 0 Å². The number of carbonyl (C=O) groups is 1. The standard InChI is InChI=1S/C18H23FN4O2/c1-3-16-21-18(25-22-16)12(2)23-10-8-15(9-11-23)20-17(24)13-4-6-14(19)7-5-13/h4-7,12,15H,3,8-11H2,1-2H3,(H,20,24)/t12-/m0/s1. The molecule has 134 valence electrons. The maximum absolute atomic E-state index is 12.9. The van der Waals surface area contributed by atoms with Crippen LogP contribution in [0.4, 0.5) is 4.39 Å². The predicted molar refractivity (Wildman–Crippen MR) is 90.6 cm³/mol. The molecule has 0 bridgehead atoms. The average molecular weight is 346 g/mol. The van der Waals surface area contributed by atoms with Crippen LogP contribution in [-0.4, -0.2) is 40.1 Å². The number of amides is 1. The Morgan fingerprint density at radius 3 is 2.64 bits per heavy atom. The van der Waals surface area contributed by atoms with Gasteiger partial charge in [0.15, 0.2) is 5.82 Å². The molecular weight excluding hydrogens is 323 g/mol. The van der Waals surface area contributed by atoms with Gasteiger partial charge in [0.2, 0.25) is 5.89 Å². The zero-order valence-electron chi connectivity index (χ0n) is 14.5. The first kappa shape index (κ1) is 17.5. The number of nitrogens with one attached hydrogen (secondary N) is 1. The van der Waals surface area contributed by atoms with E-state index in [0.29, 0.717) is 11.5 Å². The van der Waals surface area contributed by atoms with Gasteiger partial charge in [0.1, 0.15) is 5.82 Å². The minimum absolute atomic E-state index is 0.0709. The highest BCUT2D eigenvalue weighted by atomic mass is 19.1. The second-order valence-corrected chi connectivity index (χ2v) is 6.37. The predicted octanol–water partition coefficient (Wildman–Crippen LogP) is 2.73. The van der Waals surface area contributed by atoms with E-state index in [2.05, 4.69) is 27.3 Å². The quantitative estimate of drug-likeness (QED) is 0.901. The first-order valence-electron chi connectivity index (χ1n) is 8.69. The lowest BCUT2D eigenvalue weighted by molar-refractivity contribution is 0.0881. The van der Waals surface area contributed by atoms with Crippen LogP contribution in [0.5, 0.6) is 0 Å². The highest BCUT2D eigenvalue weighted by molar-refractivity contribution is 5.94. The average Bonchev–Trinajstić information content (AvgIpc) is 3.11. The molecule has 1 amide bonds. The van der Waals surface area contributed by atoms with Gasteiger partial charge in [-0.15, -0.1) is 0 Å².